The second-order valence-electron chi connectivity index (χ2n) is 2.29. The molecule has 0 heterocycles. The Morgan fingerprint density at radius 1 is 1.62 bits per heavy atom. The fraction of sp³-hybridized carbons (Fsp3) is 0.143. The van der Waals surface area contributed by atoms with Crippen LogP contribution in [0.2, 0.25) is 0 Å². The number of nitro benzene ring substituents is 1. The zero-order valence-electron chi connectivity index (χ0n) is 6.98. The first-order chi connectivity index (χ1) is 6.19. The molecule has 0 atom stereocenters. The average molecular weight is 199 g/mol. The Labute approximate surface area is 79.4 Å². The van der Waals surface area contributed by atoms with Gasteiger partial charge in [0.25, 0.3) is 5.69 Å². The van der Waals surface area contributed by atoms with Gasteiger partial charge in [-0.3, -0.25) is 16.0 Å². The van der Waals surface area contributed by atoms with Crippen LogP contribution in [0.5, 0.6) is 0 Å². The minimum atomic E-state index is -0.453. The molecule has 1 aromatic carbocycles. The standard InChI is InChI=1S/C7H9N3O2S/c1-13-7-3-2-5(10(11)12)4-6(7)9-8/h2-4,9H,8H2,1H3. The van der Waals surface area contributed by atoms with Crippen LogP contribution < -0.4 is 11.3 Å². The molecule has 1 aromatic rings. The molecule has 0 aliphatic carbocycles. The third kappa shape index (κ3) is 2.10. The number of nitro groups is 1. The third-order valence-electron chi connectivity index (χ3n) is 1.55. The number of nitrogens with zero attached hydrogens (tertiary/aromatic N) is 1. The SMILES string of the molecule is CSc1ccc([N+](=O)[O-])cc1NN. The molecule has 0 aliphatic heterocycles. The van der Waals surface area contributed by atoms with E-state index in [2.05, 4.69) is 5.43 Å². The largest absolute Gasteiger partial charge is 0.323 e. The van der Waals surface area contributed by atoms with E-state index in [-0.39, 0.29) is 5.69 Å². The second kappa shape index (κ2) is 4.11. The second-order valence-corrected chi connectivity index (χ2v) is 3.13. The van der Waals surface area contributed by atoms with Gasteiger partial charge in [0.1, 0.15) is 0 Å². The molecule has 0 amide bonds. The van der Waals surface area contributed by atoms with E-state index in [4.69, 9.17) is 5.84 Å². The van der Waals surface area contributed by atoms with E-state index >= 15 is 0 Å². The van der Waals surface area contributed by atoms with Crippen molar-refractivity contribution in [1.82, 2.24) is 0 Å². The van der Waals surface area contributed by atoms with Gasteiger partial charge >= 0.3 is 0 Å². The van der Waals surface area contributed by atoms with Crippen molar-refractivity contribution in [3.05, 3.63) is 28.3 Å². The van der Waals surface area contributed by atoms with Gasteiger partial charge in [-0.2, -0.15) is 0 Å². The summed E-state index contributed by atoms with van der Waals surface area (Å²) < 4.78 is 0. The van der Waals surface area contributed by atoms with E-state index in [0.717, 1.165) is 4.90 Å². The van der Waals surface area contributed by atoms with Crippen molar-refractivity contribution >= 4 is 23.1 Å². The Kier molecular flexibility index (Phi) is 3.10. The highest BCUT2D eigenvalue weighted by Crippen LogP contribution is 2.28. The van der Waals surface area contributed by atoms with Crippen LogP contribution in [0, 0.1) is 10.1 Å². The number of rotatable bonds is 3. The van der Waals surface area contributed by atoms with Crippen LogP contribution in [0.3, 0.4) is 0 Å². The van der Waals surface area contributed by atoms with Gasteiger partial charge in [0.15, 0.2) is 0 Å². The molecule has 5 nitrogen and oxygen atoms in total. The molecular weight excluding hydrogens is 190 g/mol. The Morgan fingerprint density at radius 3 is 2.77 bits per heavy atom. The first-order valence-corrected chi connectivity index (χ1v) is 4.70. The van der Waals surface area contributed by atoms with Crippen molar-refractivity contribution in [1.29, 1.82) is 0 Å². The van der Waals surface area contributed by atoms with Crippen molar-refractivity contribution < 1.29 is 4.92 Å². The summed E-state index contributed by atoms with van der Waals surface area (Å²) >= 11 is 1.48. The Hall–Kier alpha value is -1.27. The summed E-state index contributed by atoms with van der Waals surface area (Å²) in [5, 5.41) is 10.4. The summed E-state index contributed by atoms with van der Waals surface area (Å²) in [5.41, 5.74) is 3.02. The van der Waals surface area contributed by atoms with Crippen LogP contribution >= 0.6 is 11.8 Å². The van der Waals surface area contributed by atoms with E-state index in [1.54, 1.807) is 6.07 Å². The molecule has 0 bridgehead atoms. The van der Waals surface area contributed by atoms with Crippen LogP contribution in [0.15, 0.2) is 23.1 Å². The number of nitrogens with one attached hydrogen (secondary N) is 1. The lowest BCUT2D eigenvalue weighted by Crippen LogP contribution is -2.08. The normalized spacial score (nSPS) is 9.69. The Balaban J connectivity index is 3.13. The minimum Gasteiger partial charge on any atom is -0.323 e. The van der Waals surface area contributed by atoms with E-state index in [0.29, 0.717) is 5.69 Å². The molecule has 0 spiro atoms. The summed E-state index contributed by atoms with van der Waals surface area (Å²) in [7, 11) is 0. The molecule has 13 heavy (non-hydrogen) atoms. The molecule has 0 fully saturated rings. The third-order valence-corrected chi connectivity index (χ3v) is 2.35. The maximum Gasteiger partial charge on any atom is 0.271 e. The summed E-state index contributed by atoms with van der Waals surface area (Å²) in [4.78, 5) is 10.8. The van der Waals surface area contributed by atoms with Crippen molar-refractivity contribution in [2.45, 2.75) is 4.90 Å². The molecule has 0 unspecified atom stereocenters. The summed E-state index contributed by atoms with van der Waals surface area (Å²) in [6.45, 7) is 0. The lowest BCUT2D eigenvalue weighted by Gasteiger charge is -2.04. The highest BCUT2D eigenvalue weighted by molar-refractivity contribution is 7.98. The number of nitrogens with two attached hydrogens (primary N) is 1. The number of non-ortho nitro benzene ring substituents is 1. The van der Waals surface area contributed by atoms with Gasteiger partial charge < -0.3 is 5.43 Å². The first-order valence-electron chi connectivity index (χ1n) is 3.48. The molecule has 0 aliphatic rings. The van der Waals surface area contributed by atoms with Crippen LogP contribution in [-0.2, 0) is 0 Å². The predicted molar refractivity (Wildman–Crippen MR) is 52.7 cm³/mol. The maximum absolute atomic E-state index is 10.4. The van der Waals surface area contributed by atoms with Crippen molar-refractivity contribution in [3.8, 4) is 0 Å². The van der Waals surface area contributed by atoms with Gasteiger partial charge in [0, 0.05) is 17.0 Å². The Morgan fingerprint density at radius 2 is 2.31 bits per heavy atom. The molecule has 0 radical (unpaired) electrons. The van der Waals surface area contributed by atoms with Gasteiger partial charge in [-0.1, -0.05) is 0 Å². The number of hydrazine groups is 1. The van der Waals surface area contributed by atoms with E-state index in [9.17, 15) is 10.1 Å². The number of thioether (sulfide) groups is 1. The van der Waals surface area contributed by atoms with E-state index < -0.39 is 4.92 Å². The zero-order chi connectivity index (χ0) is 9.84. The maximum atomic E-state index is 10.4. The minimum absolute atomic E-state index is 0.0331. The van der Waals surface area contributed by atoms with Crippen LogP contribution in [0.4, 0.5) is 11.4 Å². The number of hydrogen-bond acceptors (Lipinski definition) is 5. The quantitative estimate of drug-likeness (QED) is 0.334. The molecule has 0 aromatic heterocycles. The first kappa shape index (κ1) is 9.82. The molecule has 0 saturated carbocycles. The highest BCUT2D eigenvalue weighted by atomic mass is 32.2. The van der Waals surface area contributed by atoms with Crippen LogP contribution in [0.1, 0.15) is 0 Å². The fourth-order valence-electron chi connectivity index (χ4n) is 0.922. The number of benzene rings is 1. The molecular formula is C7H9N3O2S. The molecule has 6 heteroatoms. The molecule has 70 valence electrons. The van der Waals surface area contributed by atoms with Gasteiger partial charge in [0.2, 0.25) is 0 Å². The fourth-order valence-corrected chi connectivity index (χ4v) is 1.46. The van der Waals surface area contributed by atoms with Gasteiger partial charge in [0.05, 0.1) is 10.6 Å². The number of hydrogen-bond donors (Lipinski definition) is 2. The smallest absolute Gasteiger partial charge is 0.271 e. The summed E-state index contributed by atoms with van der Waals surface area (Å²) in [6, 6.07) is 4.52. The van der Waals surface area contributed by atoms with Gasteiger partial charge in [-0.05, 0) is 12.3 Å². The predicted octanol–water partition coefficient (Wildman–Crippen LogP) is 1.60. The Bertz CT molecular complexity index is 330. The van der Waals surface area contributed by atoms with Crippen molar-refractivity contribution in [2.75, 3.05) is 11.7 Å². The molecule has 3 N–H and O–H groups in total. The lowest BCUT2D eigenvalue weighted by atomic mass is 10.3. The van der Waals surface area contributed by atoms with Crippen molar-refractivity contribution in [2.24, 2.45) is 5.84 Å². The van der Waals surface area contributed by atoms with E-state index in [1.807, 2.05) is 6.26 Å². The monoisotopic (exact) mass is 199 g/mol. The van der Waals surface area contributed by atoms with Crippen LogP contribution in [-0.4, -0.2) is 11.2 Å². The van der Waals surface area contributed by atoms with Gasteiger partial charge in [-0.15, -0.1) is 11.8 Å². The van der Waals surface area contributed by atoms with Gasteiger partial charge in [-0.25, -0.2) is 0 Å². The summed E-state index contributed by atoms with van der Waals surface area (Å²) in [5.74, 6) is 5.21. The van der Waals surface area contributed by atoms with Crippen molar-refractivity contribution in [3.63, 3.8) is 0 Å². The topological polar surface area (TPSA) is 81.2 Å². The number of anilines is 1. The molecule has 1 rings (SSSR count). The average Bonchev–Trinajstić information content (AvgIpc) is 2.16. The lowest BCUT2D eigenvalue weighted by molar-refractivity contribution is -0.384. The van der Waals surface area contributed by atoms with Crippen LogP contribution in [0.25, 0.3) is 0 Å². The zero-order valence-corrected chi connectivity index (χ0v) is 7.80. The van der Waals surface area contributed by atoms with E-state index in [1.165, 1.54) is 23.9 Å². The number of nitrogen functional groups attached to an aromatic ring is 1. The highest BCUT2D eigenvalue weighted by Gasteiger charge is 2.08. The summed E-state index contributed by atoms with van der Waals surface area (Å²) in [6.07, 6.45) is 1.88. The molecule has 0 saturated heterocycles.